The van der Waals surface area contributed by atoms with Crippen LogP contribution >= 0.6 is 0 Å². The van der Waals surface area contributed by atoms with E-state index < -0.39 is 0 Å². The maximum absolute atomic E-state index is 5.86. The molecule has 1 unspecified atom stereocenters. The van der Waals surface area contributed by atoms with Gasteiger partial charge in [0.2, 0.25) is 0 Å². The molecule has 4 nitrogen and oxygen atoms in total. The highest BCUT2D eigenvalue weighted by Crippen LogP contribution is 2.20. The quantitative estimate of drug-likeness (QED) is 0.700. The summed E-state index contributed by atoms with van der Waals surface area (Å²) in [5.74, 6) is 0. The van der Waals surface area contributed by atoms with E-state index in [-0.39, 0.29) is 0 Å². The van der Waals surface area contributed by atoms with Gasteiger partial charge in [-0.05, 0) is 37.4 Å². The Morgan fingerprint density at radius 1 is 1.09 bits per heavy atom. The molecule has 2 heterocycles. The Kier molecular flexibility index (Phi) is 6.24. The largest absolute Gasteiger partial charge is 0.375 e. The fraction of sp³-hybridized carbons (Fsp3) is 0.526. The lowest BCUT2D eigenvalue weighted by molar-refractivity contribution is 0.0602. The third-order valence-corrected chi connectivity index (χ3v) is 4.63. The van der Waals surface area contributed by atoms with E-state index in [0.717, 1.165) is 19.7 Å². The van der Waals surface area contributed by atoms with Crippen molar-refractivity contribution in [2.24, 2.45) is 0 Å². The zero-order valence-electron chi connectivity index (χ0n) is 13.8. The van der Waals surface area contributed by atoms with Crippen LogP contribution in [0.1, 0.15) is 31.2 Å². The summed E-state index contributed by atoms with van der Waals surface area (Å²) in [6, 6.07) is 13.1. The van der Waals surface area contributed by atoms with E-state index in [2.05, 4.69) is 40.5 Å². The Bertz CT molecular complexity index is 541. The minimum Gasteiger partial charge on any atom is -0.375 e. The molecule has 3 rings (SSSR count). The molecule has 2 aromatic rings. The second kappa shape index (κ2) is 8.85. The molecule has 0 N–H and O–H groups in total. The molecule has 1 fully saturated rings. The smallest absolute Gasteiger partial charge is 0.0717 e. The van der Waals surface area contributed by atoms with E-state index in [1.165, 1.54) is 37.8 Å². The summed E-state index contributed by atoms with van der Waals surface area (Å²) in [6.07, 6.45) is 9.06. The first-order valence-electron chi connectivity index (χ1n) is 8.75. The Morgan fingerprint density at radius 3 is 2.83 bits per heavy atom. The molecule has 0 radical (unpaired) electrons. The predicted octanol–water partition coefficient (Wildman–Crippen LogP) is 3.34. The third-order valence-electron chi connectivity index (χ3n) is 4.63. The van der Waals surface area contributed by atoms with Crippen LogP contribution in [-0.4, -0.2) is 40.4 Å². The van der Waals surface area contributed by atoms with Crippen LogP contribution in [0, 0.1) is 0 Å². The van der Waals surface area contributed by atoms with Crippen molar-refractivity contribution in [3.8, 4) is 0 Å². The number of aryl methyl sites for hydroxylation is 1. The van der Waals surface area contributed by atoms with Gasteiger partial charge in [0.25, 0.3) is 0 Å². The molecule has 1 aliphatic heterocycles. The minimum absolute atomic E-state index is 0.674. The first-order valence-corrected chi connectivity index (χ1v) is 8.75. The minimum atomic E-state index is 0.674. The van der Waals surface area contributed by atoms with Crippen molar-refractivity contribution in [2.75, 3.05) is 19.7 Å². The van der Waals surface area contributed by atoms with Crippen LogP contribution < -0.4 is 0 Å². The van der Waals surface area contributed by atoms with Crippen LogP contribution in [0.25, 0.3) is 0 Å². The first-order chi connectivity index (χ1) is 11.4. The van der Waals surface area contributed by atoms with Crippen molar-refractivity contribution < 1.29 is 4.74 Å². The maximum Gasteiger partial charge on any atom is 0.0717 e. The van der Waals surface area contributed by atoms with Gasteiger partial charge in [-0.1, -0.05) is 36.8 Å². The molecule has 0 saturated carbocycles. The van der Waals surface area contributed by atoms with Crippen molar-refractivity contribution in [2.45, 2.75) is 44.9 Å². The van der Waals surface area contributed by atoms with Gasteiger partial charge < -0.3 is 4.74 Å². The van der Waals surface area contributed by atoms with E-state index in [9.17, 15) is 0 Å². The highest BCUT2D eigenvalue weighted by molar-refractivity contribution is 5.13. The number of aromatic nitrogens is 2. The molecule has 124 valence electrons. The monoisotopic (exact) mass is 313 g/mol. The van der Waals surface area contributed by atoms with E-state index in [1.807, 2.05) is 23.0 Å². The van der Waals surface area contributed by atoms with Crippen LogP contribution in [0.2, 0.25) is 0 Å². The molecule has 4 heteroatoms. The van der Waals surface area contributed by atoms with Gasteiger partial charge in [-0.3, -0.25) is 9.58 Å². The molecule has 1 saturated heterocycles. The summed E-state index contributed by atoms with van der Waals surface area (Å²) in [4.78, 5) is 2.61. The normalized spacial score (nSPS) is 19.0. The standard InChI is InChI=1S/C19H27N3O/c1-2-7-18(8-3-1)17-23-16-15-21-12-5-4-9-19(21)10-14-22-13-6-11-20-22/h1-3,6-8,11,13,19H,4-5,9-10,12,14-17H2. The lowest BCUT2D eigenvalue weighted by Crippen LogP contribution is -2.42. The Hall–Kier alpha value is -1.65. The SMILES string of the molecule is c1ccc(COCCN2CCCCC2CCn2cccn2)cc1. The summed E-state index contributed by atoms with van der Waals surface area (Å²) in [5.41, 5.74) is 1.25. The molecule has 1 aromatic heterocycles. The van der Waals surface area contributed by atoms with E-state index in [4.69, 9.17) is 4.74 Å². The fourth-order valence-electron chi connectivity index (χ4n) is 3.34. The number of piperidine rings is 1. The third kappa shape index (κ3) is 5.19. The maximum atomic E-state index is 5.86. The lowest BCUT2D eigenvalue weighted by atomic mass is 9.99. The number of likely N-dealkylation sites (tertiary alicyclic amines) is 1. The number of benzene rings is 1. The molecule has 0 amide bonds. The molecule has 0 aliphatic carbocycles. The zero-order valence-corrected chi connectivity index (χ0v) is 13.8. The van der Waals surface area contributed by atoms with Crippen molar-refractivity contribution in [1.29, 1.82) is 0 Å². The number of hydrogen-bond donors (Lipinski definition) is 0. The van der Waals surface area contributed by atoms with Crippen molar-refractivity contribution in [3.63, 3.8) is 0 Å². The van der Waals surface area contributed by atoms with Gasteiger partial charge >= 0.3 is 0 Å². The number of hydrogen-bond acceptors (Lipinski definition) is 3. The van der Waals surface area contributed by atoms with Crippen molar-refractivity contribution >= 4 is 0 Å². The van der Waals surface area contributed by atoms with Crippen LogP contribution in [0.4, 0.5) is 0 Å². The van der Waals surface area contributed by atoms with Gasteiger partial charge in [0.15, 0.2) is 0 Å². The molecular formula is C19H27N3O. The van der Waals surface area contributed by atoms with Crippen LogP contribution in [0.15, 0.2) is 48.8 Å². The number of nitrogens with zero attached hydrogens (tertiary/aromatic N) is 3. The van der Waals surface area contributed by atoms with Gasteiger partial charge in [-0.15, -0.1) is 0 Å². The Labute approximate surface area is 139 Å². The topological polar surface area (TPSA) is 30.3 Å². The fourth-order valence-corrected chi connectivity index (χ4v) is 3.34. The van der Waals surface area contributed by atoms with Gasteiger partial charge in [0.05, 0.1) is 13.2 Å². The Morgan fingerprint density at radius 2 is 2.00 bits per heavy atom. The highest BCUT2D eigenvalue weighted by atomic mass is 16.5. The average Bonchev–Trinajstić information content (AvgIpc) is 3.12. The van der Waals surface area contributed by atoms with E-state index >= 15 is 0 Å². The molecule has 1 atom stereocenters. The van der Waals surface area contributed by atoms with E-state index in [1.54, 1.807) is 0 Å². The first kappa shape index (κ1) is 16.2. The molecule has 23 heavy (non-hydrogen) atoms. The summed E-state index contributed by atoms with van der Waals surface area (Å²) in [6.45, 7) is 4.79. The van der Waals surface area contributed by atoms with Crippen LogP contribution in [-0.2, 0) is 17.9 Å². The zero-order chi connectivity index (χ0) is 15.7. The van der Waals surface area contributed by atoms with Crippen LogP contribution in [0.5, 0.6) is 0 Å². The van der Waals surface area contributed by atoms with Gasteiger partial charge in [0.1, 0.15) is 0 Å². The van der Waals surface area contributed by atoms with Crippen molar-refractivity contribution in [1.82, 2.24) is 14.7 Å². The average molecular weight is 313 g/mol. The highest BCUT2D eigenvalue weighted by Gasteiger charge is 2.21. The van der Waals surface area contributed by atoms with Gasteiger partial charge in [-0.25, -0.2) is 0 Å². The summed E-state index contributed by atoms with van der Waals surface area (Å²) in [7, 11) is 0. The molecule has 1 aromatic carbocycles. The Balaban J connectivity index is 1.39. The second-order valence-electron chi connectivity index (χ2n) is 6.28. The summed E-state index contributed by atoms with van der Waals surface area (Å²) < 4.78 is 7.90. The molecular weight excluding hydrogens is 286 g/mol. The second-order valence-corrected chi connectivity index (χ2v) is 6.28. The van der Waals surface area contributed by atoms with Crippen molar-refractivity contribution in [3.05, 3.63) is 54.4 Å². The molecule has 0 spiro atoms. The van der Waals surface area contributed by atoms with Crippen LogP contribution in [0.3, 0.4) is 0 Å². The van der Waals surface area contributed by atoms with Gasteiger partial charge in [0, 0.05) is 31.5 Å². The number of rotatable bonds is 8. The van der Waals surface area contributed by atoms with E-state index in [0.29, 0.717) is 12.6 Å². The predicted molar refractivity (Wildman–Crippen MR) is 92.2 cm³/mol. The lowest BCUT2D eigenvalue weighted by Gasteiger charge is -2.35. The summed E-state index contributed by atoms with van der Waals surface area (Å²) >= 11 is 0. The number of ether oxygens (including phenoxy) is 1. The van der Waals surface area contributed by atoms with Gasteiger partial charge in [-0.2, -0.15) is 5.10 Å². The molecule has 1 aliphatic rings. The molecule has 0 bridgehead atoms. The summed E-state index contributed by atoms with van der Waals surface area (Å²) in [5, 5.41) is 4.31.